The summed E-state index contributed by atoms with van der Waals surface area (Å²) >= 11 is 5.70. The van der Waals surface area contributed by atoms with Gasteiger partial charge in [-0.3, -0.25) is 28.9 Å². The summed E-state index contributed by atoms with van der Waals surface area (Å²) in [4.78, 5) is 69.7. The lowest BCUT2D eigenvalue weighted by Crippen LogP contribution is -2.57. The number of nitrogens with zero attached hydrogens (tertiary/aromatic N) is 2. The number of hydrogen-bond donors (Lipinski definition) is 4. The number of rotatable bonds is 12. The van der Waals surface area contributed by atoms with Gasteiger partial charge in [0.15, 0.2) is 5.13 Å². The molecule has 0 fully saturated rings. The number of fused-ring (bicyclic) bond motifs is 1. The zero-order valence-electron chi connectivity index (χ0n) is 23.4. The second-order valence-electron chi connectivity index (χ2n) is 11.3. The molecule has 2 heterocycles. The van der Waals surface area contributed by atoms with Gasteiger partial charge in [-0.25, -0.2) is 4.98 Å². The molecule has 0 saturated heterocycles. The summed E-state index contributed by atoms with van der Waals surface area (Å²) in [6.07, 6.45) is 2.60. The van der Waals surface area contributed by atoms with Crippen LogP contribution in [0.15, 0.2) is 35.8 Å². The van der Waals surface area contributed by atoms with Crippen molar-refractivity contribution < 1.29 is 24.0 Å². The Morgan fingerprint density at radius 1 is 1.00 bits per heavy atom. The molecule has 1 aliphatic heterocycles. The van der Waals surface area contributed by atoms with E-state index in [-0.39, 0.29) is 24.3 Å². The van der Waals surface area contributed by atoms with Crippen LogP contribution < -0.4 is 16.0 Å². The largest absolute Gasteiger partial charge is 0.343 e. The number of thiol groups is 1. The highest BCUT2D eigenvalue weighted by Gasteiger charge is 2.37. The van der Waals surface area contributed by atoms with Crippen LogP contribution in [-0.4, -0.2) is 63.3 Å². The molecule has 0 bridgehead atoms. The first-order chi connectivity index (χ1) is 18.8. The second-order valence-corrected chi connectivity index (χ2v) is 12.8. The lowest BCUT2D eigenvalue weighted by molar-refractivity contribution is -0.132. The van der Waals surface area contributed by atoms with Gasteiger partial charge >= 0.3 is 0 Å². The first-order valence-corrected chi connectivity index (χ1v) is 14.6. The summed E-state index contributed by atoms with van der Waals surface area (Å²) in [6, 6.07) is 4.91. The van der Waals surface area contributed by atoms with E-state index in [9.17, 15) is 24.0 Å². The van der Waals surface area contributed by atoms with Crippen LogP contribution in [0.5, 0.6) is 0 Å². The van der Waals surface area contributed by atoms with Gasteiger partial charge in [0.25, 0.3) is 11.8 Å². The Morgan fingerprint density at radius 3 is 2.15 bits per heavy atom. The number of hydrogen-bond acceptors (Lipinski definition) is 8. The minimum absolute atomic E-state index is 0.0838. The van der Waals surface area contributed by atoms with E-state index < -0.39 is 40.5 Å². The van der Waals surface area contributed by atoms with Crippen molar-refractivity contribution >= 4 is 58.6 Å². The molecule has 216 valence electrons. The molecule has 1 aromatic carbocycles. The van der Waals surface area contributed by atoms with Gasteiger partial charge < -0.3 is 16.0 Å². The molecule has 1 aliphatic rings. The molecule has 3 rings (SSSR count). The Morgan fingerprint density at radius 2 is 1.62 bits per heavy atom. The van der Waals surface area contributed by atoms with Crippen LogP contribution in [-0.2, 0) is 14.4 Å². The molecule has 0 radical (unpaired) electrons. The molecule has 0 saturated carbocycles. The van der Waals surface area contributed by atoms with Crippen LogP contribution >= 0.6 is 24.0 Å². The quantitative estimate of drug-likeness (QED) is 0.222. The second kappa shape index (κ2) is 13.4. The number of benzene rings is 1. The van der Waals surface area contributed by atoms with Gasteiger partial charge in [-0.2, -0.15) is 12.6 Å². The van der Waals surface area contributed by atoms with E-state index >= 15 is 0 Å². The summed E-state index contributed by atoms with van der Waals surface area (Å²) in [5.41, 5.74) is 0.146. The van der Waals surface area contributed by atoms with Crippen molar-refractivity contribution in [2.75, 3.05) is 11.9 Å². The van der Waals surface area contributed by atoms with E-state index in [1.54, 1.807) is 35.8 Å². The van der Waals surface area contributed by atoms with Crippen LogP contribution in [0, 0.1) is 11.3 Å². The van der Waals surface area contributed by atoms with Crippen molar-refractivity contribution in [3.8, 4) is 0 Å². The third-order valence-corrected chi connectivity index (χ3v) is 7.64. The maximum atomic E-state index is 13.3. The van der Waals surface area contributed by atoms with Crippen LogP contribution in [0.25, 0.3) is 0 Å². The Balaban J connectivity index is 1.58. The van der Waals surface area contributed by atoms with Crippen molar-refractivity contribution in [3.63, 3.8) is 0 Å². The van der Waals surface area contributed by atoms with Gasteiger partial charge in [-0.15, -0.1) is 11.3 Å². The van der Waals surface area contributed by atoms with Crippen LogP contribution in [0.4, 0.5) is 5.13 Å². The zero-order valence-corrected chi connectivity index (χ0v) is 25.1. The van der Waals surface area contributed by atoms with E-state index in [4.69, 9.17) is 0 Å². The Kier molecular flexibility index (Phi) is 10.5. The fourth-order valence-electron chi connectivity index (χ4n) is 4.37. The maximum Gasteiger partial charge on any atom is 0.261 e. The molecule has 2 aromatic rings. The number of carbonyl (C=O) groups excluding carboxylic acids is 5. The van der Waals surface area contributed by atoms with Gasteiger partial charge in [0, 0.05) is 18.1 Å². The number of imide groups is 1. The van der Waals surface area contributed by atoms with Gasteiger partial charge in [0.1, 0.15) is 12.1 Å². The Hall–Kier alpha value is -3.25. The number of carbonyl (C=O) groups is 5. The lowest BCUT2D eigenvalue weighted by atomic mass is 9.85. The van der Waals surface area contributed by atoms with Crippen molar-refractivity contribution in [1.29, 1.82) is 0 Å². The summed E-state index contributed by atoms with van der Waals surface area (Å²) in [7, 11) is 0. The van der Waals surface area contributed by atoms with Gasteiger partial charge in [-0.1, -0.05) is 46.8 Å². The van der Waals surface area contributed by atoms with E-state index in [2.05, 4.69) is 33.6 Å². The topological polar surface area (TPSA) is 138 Å². The number of aromatic nitrogens is 1. The minimum atomic E-state index is -0.879. The van der Waals surface area contributed by atoms with Crippen molar-refractivity contribution in [1.82, 2.24) is 20.5 Å². The summed E-state index contributed by atoms with van der Waals surface area (Å²) < 4.78 is 0. The smallest absolute Gasteiger partial charge is 0.261 e. The standard InChI is InChI=1S/C28H37N5O5S2/c1-16(2)15-19(22(34)31-21(28(3,4)5)24(36)32-27-29-12-14-40-27)30-23(35)20(39)11-8-13-33-25(37)17-9-6-7-10-18(17)26(33)38/h6-7,9-10,12,14,16,19-21,39H,8,11,13,15H2,1-5H3,(H,30,35)(H,31,34)(H,29,32,36)/t19-,20-,21+/m0/s1. The lowest BCUT2D eigenvalue weighted by Gasteiger charge is -2.32. The molecule has 3 atom stereocenters. The monoisotopic (exact) mass is 587 g/mol. The molecule has 5 amide bonds. The molecule has 12 heteroatoms. The summed E-state index contributed by atoms with van der Waals surface area (Å²) in [5, 5.41) is 9.75. The predicted octanol–water partition coefficient (Wildman–Crippen LogP) is 3.52. The van der Waals surface area contributed by atoms with Crippen molar-refractivity contribution in [3.05, 3.63) is 47.0 Å². The Bertz CT molecular complexity index is 1210. The Labute approximate surface area is 244 Å². The first kappa shape index (κ1) is 31.3. The number of amides is 5. The van der Waals surface area contributed by atoms with E-state index in [0.29, 0.717) is 35.5 Å². The minimum Gasteiger partial charge on any atom is -0.343 e. The molecular formula is C28H37N5O5S2. The first-order valence-electron chi connectivity index (χ1n) is 13.2. The number of anilines is 1. The van der Waals surface area contributed by atoms with Crippen LogP contribution in [0.3, 0.4) is 0 Å². The van der Waals surface area contributed by atoms with Crippen molar-refractivity contribution in [2.45, 2.75) is 71.2 Å². The van der Waals surface area contributed by atoms with Crippen molar-refractivity contribution in [2.24, 2.45) is 11.3 Å². The highest BCUT2D eigenvalue weighted by molar-refractivity contribution is 7.81. The predicted molar refractivity (Wildman–Crippen MR) is 157 cm³/mol. The summed E-state index contributed by atoms with van der Waals surface area (Å²) in [6.45, 7) is 9.55. The van der Waals surface area contributed by atoms with Crippen LogP contribution in [0.1, 0.15) is 74.6 Å². The summed E-state index contributed by atoms with van der Waals surface area (Å²) in [5.74, 6) is -1.91. The SMILES string of the molecule is CC(C)C[C@H](NC(=O)[C@@H](S)CCCN1C(=O)c2ccccc2C1=O)C(=O)N[C@H](C(=O)Nc1nccs1)C(C)(C)C. The van der Waals surface area contributed by atoms with E-state index in [1.165, 1.54) is 16.2 Å². The molecule has 0 spiro atoms. The van der Waals surface area contributed by atoms with Crippen LogP contribution in [0.2, 0.25) is 0 Å². The number of thiazole rings is 1. The average molecular weight is 588 g/mol. The molecule has 1 aromatic heterocycles. The fourth-order valence-corrected chi connectivity index (χ4v) is 5.16. The third-order valence-electron chi connectivity index (χ3n) is 6.46. The zero-order chi connectivity index (χ0) is 29.6. The average Bonchev–Trinajstić information content (AvgIpc) is 3.47. The van der Waals surface area contributed by atoms with Gasteiger partial charge in [0.05, 0.1) is 16.4 Å². The van der Waals surface area contributed by atoms with E-state index in [1.807, 2.05) is 34.6 Å². The molecule has 3 N–H and O–H groups in total. The molecule has 0 aliphatic carbocycles. The normalized spacial score (nSPS) is 15.4. The highest BCUT2D eigenvalue weighted by Crippen LogP contribution is 2.24. The van der Waals surface area contributed by atoms with E-state index in [0.717, 1.165) is 0 Å². The molecule has 0 unspecified atom stereocenters. The molecular weight excluding hydrogens is 550 g/mol. The number of nitrogens with one attached hydrogen (secondary N) is 3. The van der Waals surface area contributed by atoms with Gasteiger partial charge in [0.2, 0.25) is 17.7 Å². The maximum absolute atomic E-state index is 13.3. The molecule has 10 nitrogen and oxygen atoms in total. The van der Waals surface area contributed by atoms with Gasteiger partial charge in [-0.05, 0) is 42.7 Å². The fraction of sp³-hybridized carbons (Fsp3) is 0.500. The molecule has 40 heavy (non-hydrogen) atoms. The highest BCUT2D eigenvalue weighted by atomic mass is 32.1. The third kappa shape index (κ3) is 7.91.